The summed E-state index contributed by atoms with van der Waals surface area (Å²) in [7, 11) is 0. The van der Waals surface area contributed by atoms with Gasteiger partial charge in [-0.15, -0.1) is 0 Å². The molecule has 2 saturated heterocycles. The van der Waals surface area contributed by atoms with E-state index in [0.29, 0.717) is 25.6 Å². The molecule has 0 aromatic rings. The Morgan fingerprint density at radius 1 is 1.12 bits per heavy atom. The van der Waals surface area contributed by atoms with Crippen LogP contribution in [0.15, 0.2) is 45.1 Å². The van der Waals surface area contributed by atoms with Crippen molar-refractivity contribution in [3.63, 3.8) is 0 Å². The Balaban J connectivity index is 1.19. The second-order valence-corrected chi connectivity index (χ2v) is 10.3. The molecule has 4 aliphatic heterocycles. The number of rotatable bonds is 5. The monoisotopic (exact) mass is 434 g/mol. The Kier molecular flexibility index (Phi) is 4.72. The van der Waals surface area contributed by atoms with Gasteiger partial charge in [-0.2, -0.15) is 0 Å². The van der Waals surface area contributed by atoms with E-state index in [1.54, 1.807) is 4.90 Å². The lowest BCUT2D eigenvalue weighted by molar-refractivity contribution is -0.114. The van der Waals surface area contributed by atoms with E-state index in [1.165, 1.54) is 25.1 Å². The maximum atomic E-state index is 12.8. The van der Waals surface area contributed by atoms with Crippen LogP contribution < -0.4 is 0 Å². The number of fused-ring (bicyclic) bond motifs is 2. The molecule has 32 heavy (non-hydrogen) atoms. The minimum atomic E-state index is -0.242. The molecule has 168 valence electrons. The van der Waals surface area contributed by atoms with E-state index in [-0.39, 0.29) is 23.8 Å². The number of piperidine rings is 1. The van der Waals surface area contributed by atoms with Crippen molar-refractivity contribution in [3.8, 4) is 0 Å². The molecule has 6 aliphatic rings. The molecule has 5 atom stereocenters. The Bertz CT molecular complexity index is 1030. The SMILES string of the molecule is CC1=NC(/C=C2\C(=O)N=C3C=CC(CN4CCOC4=O)CC32)=C(C)C1CN1C[C@H]2C[C@H]2C1. The molecule has 6 rings (SSSR count). The van der Waals surface area contributed by atoms with Crippen molar-refractivity contribution < 1.29 is 14.3 Å². The Hall–Kier alpha value is -2.54. The highest BCUT2D eigenvalue weighted by Gasteiger charge is 2.45. The zero-order valence-corrected chi connectivity index (χ0v) is 18.8. The molecule has 7 nitrogen and oxygen atoms in total. The van der Waals surface area contributed by atoms with Crippen molar-refractivity contribution in [3.05, 3.63) is 35.1 Å². The number of likely N-dealkylation sites (tertiary alicyclic amines) is 1. The van der Waals surface area contributed by atoms with Crippen LogP contribution in [0.5, 0.6) is 0 Å². The van der Waals surface area contributed by atoms with Crippen molar-refractivity contribution >= 4 is 23.4 Å². The number of cyclic esters (lactones) is 1. The molecule has 2 amide bonds. The third kappa shape index (κ3) is 3.47. The van der Waals surface area contributed by atoms with Gasteiger partial charge < -0.3 is 14.5 Å². The molecule has 3 fully saturated rings. The first-order chi connectivity index (χ1) is 15.5. The fourth-order valence-corrected chi connectivity index (χ4v) is 6.07. The normalized spacial score (nSPS) is 37.2. The second-order valence-electron chi connectivity index (χ2n) is 10.3. The zero-order valence-electron chi connectivity index (χ0n) is 18.8. The first kappa shape index (κ1) is 20.1. The van der Waals surface area contributed by atoms with Gasteiger partial charge in [-0.25, -0.2) is 9.79 Å². The summed E-state index contributed by atoms with van der Waals surface area (Å²) in [6, 6.07) is 0. The molecular weight excluding hydrogens is 404 g/mol. The molecule has 1 saturated carbocycles. The molecule has 3 unspecified atom stereocenters. The van der Waals surface area contributed by atoms with E-state index >= 15 is 0 Å². The summed E-state index contributed by atoms with van der Waals surface area (Å²) in [5.41, 5.74) is 4.93. The molecular formula is C25H30N4O3. The molecule has 0 spiro atoms. The number of hydrogen-bond acceptors (Lipinski definition) is 5. The average molecular weight is 435 g/mol. The van der Waals surface area contributed by atoms with E-state index < -0.39 is 0 Å². The number of hydrogen-bond donors (Lipinski definition) is 0. The van der Waals surface area contributed by atoms with Crippen LogP contribution in [-0.4, -0.2) is 72.6 Å². The molecule has 0 aromatic carbocycles. The summed E-state index contributed by atoms with van der Waals surface area (Å²) in [5, 5.41) is 0. The van der Waals surface area contributed by atoms with Gasteiger partial charge in [-0.05, 0) is 62.2 Å². The number of carbonyl (C=O) groups is 2. The van der Waals surface area contributed by atoms with E-state index in [2.05, 4.69) is 29.8 Å². The molecule has 0 N–H and O–H groups in total. The van der Waals surface area contributed by atoms with E-state index in [0.717, 1.165) is 47.5 Å². The fourth-order valence-electron chi connectivity index (χ4n) is 6.07. The standard InChI is InChI=1S/C25H30N4O3/c1-14-21(13-28-11-17-8-18(17)12-28)15(2)26-23(14)9-20-19-7-16(3-4-22(19)27-24(20)30)10-29-5-6-32-25(29)31/h3-4,9,16-19,21H,5-8,10-13H2,1-2H3/b20-9-/t16?,17-,18+,19?,21?. The average Bonchev–Trinajstić information content (AvgIpc) is 3.05. The van der Waals surface area contributed by atoms with Crippen molar-refractivity contribution in [2.45, 2.75) is 26.7 Å². The maximum Gasteiger partial charge on any atom is 0.409 e. The number of allylic oxidation sites excluding steroid dienone is 2. The topological polar surface area (TPSA) is 74.6 Å². The highest BCUT2D eigenvalue weighted by atomic mass is 16.6. The molecule has 7 heteroatoms. The summed E-state index contributed by atoms with van der Waals surface area (Å²) in [6.45, 7) is 9.50. The Morgan fingerprint density at radius 2 is 1.94 bits per heavy atom. The van der Waals surface area contributed by atoms with Crippen LogP contribution in [0, 0.1) is 29.6 Å². The van der Waals surface area contributed by atoms with Crippen LogP contribution in [0.2, 0.25) is 0 Å². The summed E-state index contributed by atoms with van der Waals surface area (Å²) in [5.74, 6) is 2.24. The van der Waals surface area contributed by atoms with Crippen molar-refractivity contribution in [1.82, 2.24) is 9.80 Å². The third-order valence-electron chi connectivity index (χ3n) is 8.10. The lowest BCUT2D eigenvalue weighted by atomic mass is 9.81. The summed E-state index contributed by atoms with van der Waals surface area (Å²) in [6.07, 6.45) is 7.99. The fraction of sp³-hybridized carbons (Fsp3) is 0.600. The Labute approximate surface area is 188 Å². The molecule has 2 aliphatic carbocycles. The second kappa shape index (κ2) is 7.51. The number of amides is 2. The quantitative estimate of drug-likeness (QED) is 0.624. The number of nitrogens with zero attached hydrogens (tertiary/aromatic N) is 4. The van der Waals surface area contributed by atoms with Gasteiger partial charge in [0, 0.05) is 49.3 Å². The van der Waals surface area contributed by atoms with Crippen LogP contribution in [0.4, 0.5) is 4.79 Å². The van der Waals surface area contributed by atoms with Crippen molar-refractivity contribution in [2.24, 2.45) is 39.6 Å². The van der Waals surface area contributed by atoms with Crippen LogP contribution in [0.1, 0.15) is 26.7 Å². The maximum absolute atomic E-state index is 12.8. The summed E-state index contributed by atoms with van der Waals surface area (Å²) >= 11 is 0. The van der Waals surface area contributed by atoms with Crippen LogP contribution in [0.3, 0.4) is 0 Å². The zero-order chi connectivity index (χ0) is 22.0. The highest BCUT2D eigenvalue weighted by molar-refractivity contribution is 6.18. The van der Waals surface area contributed by atoms with Crippen LogP contribution in [0.25, 0.3) is 0 Å². The number of carbonyl (C=O) groups excluding carboxylic acids is 2. The summed E-state index contributed by atoms with van der Waals surface area (Å²) < 4.78 is 5.06. The predicted molar refractivity (Wildman–Crippen MR) is 122 cm³/mol. The minimum absolute atomic E-state index is 0.0170. The summed E-state index contributed by atoms with van der Waals surface area (Å²) in [4.78, 5) is 38.1. The molecule has 0 bridgehead atoms. The first-order valence-electron chi connectivity index (χ1n) is 11.9. The van der Waals surface area contributed by atoms with E-state index in [1.807, 2.05) is 12.2 Å². The minimum Gasteiger partial charge on any atom is -0.448 e. The lowest BCUT2D eigenvalue weighted by Gasteiger charge is -2.26. The lowest BCUT2D eigenvalue weighted by Crippen LogP contribution is -2.32. The largest absolute Gasteiger partial charge is 0.448 e. The van der Waals surface area contributed by atoms with Crippen molar-refractivity contribution in [2.75, 3.05) is 39.3 Å². The first-order valence-corrected chi connectivity index (χ1v) is 11.9. The van der Waals surface area contributed by atoms with Gasteiger partial charge in [0.2, 0.25) is 0 Å². The van der Waals surface area contributed by atoms with E-state index in [4.69, 9.17) is 9.73 Å². The third-order valence-corrected chi connectivity index (χ3v) is 8.10. The van der Waals surface area contributed by atoms with Gasteiger partial charge in [0.1, 0.15) is 6.61 Å². The van der Waals surface area contributed by atoms with Crippen LogP contribution in [-0.2, 0) is 9.53 Å². The number of ether oxygens (including phenoxy) is 1. The van der Waals surface area contributed by atoms with Gasteiger partial charge >= 0.3 is 6.09 Å². The van der Waals surface area contributed by atoms with Crippen molar-refractivity contribution in [1.29, 1.82) is 0 Å². The van der Waals surface area contributed by atoms with Crippen LogP contribution >= 0.6 is 0 Å². The van der Waals surface area contributed by atoms with Gasteiger partial charge in [0.05, 0.1) is 18.0 Å². The van der Waals surface area contributed by atoms with Gasteiger partial charge in [0.15, 0.2) is 0 Å². The molecule has 0 aromatic heterocycles. The Morgan fingerprint density at radius 3 is 2.69 bits per heavy atom. The van der Waals surface area contributed by atoms with Gasteiger partial charge in [0.25, 0.3) is 5.91 Å². The molecule has 0 radical (unpaired) electrons. The predicted octanol–water partition coefficient (Wildman–Crippen LogP) is 2.85. The van der Waals surface area contributed by atoms with Gasteiger partial charge in [-0.1, -0.05) is 6.08 Å². The highest BCUT2D eigenvalue weighted by Crippen LogP contribution is 2.45. The molecule has 4 heterocycles. The number of aliphatic imine (C=N–C) groups is 2. The van der Waals surface area contributed by atoms with Gasteiger partial charge in [-0.3, -0.25) is 9.79 Å². The smallest absolute Gasteiger partial charge is 0.409 e. The van der Waals surface area contributed by atoms with E-state index in [9.17, 15) is 9.59 Å².